The number of phenols is 1. The summed E-state index contributed by atoms with van der Waals surface area (Å²) in [4.78, 5) is 12.2. The summed E-state index contributed by atoms with van der Waals surface area (Å²) in [6.45, 7) is 0. The lowest BCUT2D eigenvalue weighted by Gasteiger charge is -2.29. The van der Waals surface area contributed by atoms with Gasteiger partial charge in [-0.2, -0.15) is 0 Å². The summed E-state index contributed by atoms with van der Waals surface area (Å²) in [5.74, 6) is -0.917. The van der Waals surface area contributed by atoms with Gasteiger partial charge in [-0.15, -0.1) is 0 Å². The average Bonchev–Trinajstić information content (AvgIpc) is 2.52. The molecule has 0 aromatic heterocycles. The molecule has 5 nitrogen and oxygen atoms in total. The van der Waals surface area contributed by atoms with E-state index in [4.69, 9.17) is 4.74 Å². The molecule has 3 rings (SSSR count). The van der Waals surface area contributed by atoms with Crippen molar-refractivity contribution in [2.45, 2.75) is 6.17 Å². The Bertz CT molecular complexity index is 814. The zero-order valence-electron chi connectivity index (χ0n) is 11.8. The highest BCUT2D eigenvalue weighted by molar-refractivity contribution is 9.13. The van der Waals surface area contributed by atoms with Gasteiger partial charge >= 0.3 is 0 Å². The topological polar surface area (TPSA) is 70.6 Å². The third-order valence-electron chi connectivity index (χ3n) is 3.52. The molecule has 0 saturated carbocycles. The summed E-state index contributed by atoms with van der Waals surface area (Å²) in [5, 5.41) is 15.7. The SMILES string of the molecule is COc1cc(C2NC(=O)c3c(F)cccc3N2)c(Br)c(Br)c1O. The van der Waals surface area contributed by atoms with Crippen molar-refractivity contribution >= 4 is 43.5 Å². The Hall–Kier alpha value is -1.80. The second kappa shape index (κ2) is 6.01. The standard InChI is InChI=1S/C15H11Br2FN2O3/c1-23-9-5-6(11(16)12(17)13(9)21)14-19-8-4-2-3-7(18)10(8)15(22)20-14/h2-5,14,19,21H,1H3,(H,20,22). The van der Waals surface area contributed by atoms with Gasteiger partial charge in [0, 0.05) is 10.0 Å². The lowest BCUT2D eigenvalue weighted by Crippen LogP contribution is -2.39. The quantitative estimate of drug-likeness (QED) is 0.655. The molecule has 23 heavy (non-hydrogen) atoms. The highest BCUT2D eigenvalue weighted by atomic mass is 79.9. The number of ether oxygens (including phenoxy) is 1. The molecule has 1 amide bonds. The van der Waals surface area contributed by atoms with Gasteiger partial charge in [-0.25, -0.2) is 4.39 Å². The van der Waals surface area contributed by atoms with Crippen LogP contribution in [0.15, 0.2) is 33.2 Å². The van der Waals surface area contributed by atoms with Crippen molar-refractivity contribution in [3.05, 3.63) is 50.2 Å². The molecular formula is C15H11Br2FN2O3. The predicted molar refractivity (Wildman–Crippen MR) is 90.3 cm³/mol. The van der Waals surface area contributed by atoms with Crippen LogP contribution < -0.4 is 15.4 Å². The maximum absolute atomic E-state index is 13.8. The lowest BCUT2D eigenvalue weighted by atomic mass is 10.0. The fourth-order valence-corrected chi connectivity index (χ4v) is 3.36. The van der Waals surface area contributed by atoms with Gasteiger partial charge in [-0.1, -0.05) is 6.07 Å². The molecule has 120 valence electrons. The smallest absolute Gasteiger partial charge is 0.258 e. The molecule has 3 N–H and O–H groups in total. The van der Waals surface area contributed by atoms with Crippen LogP contribution in [0.25, 0.3) is 0 Å². The van der Waals surface area contributed by atoms with Crippen molar-refractivity contribution < 1.29 is 19.0 Å². The van der Waals surface area contributed by atoms with Gasteiger partial charge in [-0.05, 0) is 50.1 Å². The van der Waals surface area contributed by atoms with E-state index in [1.807, 2.05) is 0 Å². The Balaban J connectivity index is 2.08. The lowest BCUT2D eigenvalue weighted by molar-refractivity contribution is 0.0931. The number of anilines is 1. The molecule has 0 radical (unpaired) electrons. The third kappa shape index (κ3) is 2.66. The molecule has 0 spiro atoms. The second-order valence-electron chi connectivity index (χ2n) is 4.86. The summed E-state index contributed by atoms with van der Waals surface area (Å²) in [6.07, 6.45) is -0.614. The van der Waals surface area contributed by atoms with Crippen molar-refractivity contribution in [3.8, 4) is 11.5 Å². The minimum Gasteiger partial charge on any atom is -0.503 e. The van der Waals surface area contributed by atoms with Crippen LogP contribution in [-0.2, 0) is 0 Å². The van der Waals surface area contributed by atoms with Crippen molar-refractivity contribution in [1.82, 2.24) is 5.32 Å². The second-order valence-corrected chi connectivity index (χ2v) is 6.44. The van der Waals surface area contributed by atoms with Crippen molar-refractivity contribution in [2.24, 2.45) is 0 Å². The molecule has 0 aliphatic carbocycles. The van der Waals surface area contributed by atoms with E-state index in [9.17, 15) is 14.3 Å². The van der Waals surface area contributed by atoms with Gasteiger partial charge in [0.15, 0.2) is 11.5 Å². The van der Waals surface area contributed by atoms with E-state index in [0.717, 1.165) is 0 Å². The first-order valence-electron chi connectivity index (χ1n) is 6.54. The van der Waals surface area contributed by atoms with Gasteiger partial charge in [0.2, 0.25) is 0 Å². The number of fused-ring (bicyclic) bond motifs is 1. The molecule has 1 aliphatic heterocycles. The van der Waals surface area contributed by atoms with E-state index in [2.05, 4.69) is 42.5 Å². The molecular weight excluding hydrogens is 435 g/mol. The van der Waals surface area contributed by atoms with E-state index >= 15 is 0 Å². The first kappa shape index (κ1) is 16.1. The molecule has 1 unspecified atom stereocenters. The molecule has 2 aromatic rings. The van der Waals surface area contributed by atoms with Crippen LogP contribution in [0.3, 0.4) is 0 Å². The van der Waals surface area contributed by atoms with Crippen LogP contribution in [0.2, 0.25) is 0 Å². The monoisotopic (exact) mass is 444 g/mol. The minimum atomic E-state index is -0.614. The molecule has 1 aliphatic rings. The van der Waals surface area contributed by atoms with Crippen LogP contribution in [0.5, 0.6) is 11.5 Å². The number of benzene rings is 2. The van der Waals surface area contributed by atoms with Crippen LogP contribution >= 0.6 is 31.9 Å². The first-order valence-corrected chi connectivity index (χ1v) is 8.13. The number of methoxy groups -OCH3 is 1. The van der Waals surface area contributed by atoms with Crippen LogP contribution in [0, 0.1) is 5.82 Å². The largest absolute Gasteiger partial charge is 0.503 e. The van der Waals surface area contributed by atoms with E-state index in [-0.39, 0.29) is 17.1 Å². The summed E-state index contributed by atoms with van der Waals surface area (Å²) >= 11 is 6.65. The number of hydrogen-bond donors (Lipinski definition) is 3. The summed E-state index contributed by atoms with van der Waals surface area (Å²) in [6, 6.07) is 5.98. The normalized spacial score (nSPS) is 16.3. The van der Waals surface area contributed by atoms with Gasteiger partial charge in [-0.3, -0.25) is 4.79 Å². The molecule has 0 saturated heterocycles. The number of phenolic OH excluding ortho intramolecular Hbond substituents is 1. The summed E-state index contributed by atoms with van der Waals surface area (Å²) in [5.41, 5.74) is 0.994. The molecule has 1 heterocycles. The third-order valence-corrected chi connectivity index (χ3v) is 5.68. The molecule has 0 bridgehead atoms. The molecule has 0 fully saturated rings. The van der Waals surface area contributed by atoms with Gasteiger partial charge in [0.25, 0.3) is 5.91 Å². The Labute approximate surface area is 148 Å². The van der Waals surface area contributed by atoms with Gasteiger partial charge in [0.1, 0.15) is 12.0 Å². The number of aromatic hydroxyl groups is 1. The Morgan fingerprint density at radius 1 is 1.26 bits per heavy atom. The average molecular weight is 446 g/mol. The van der Waals surface area contributed by atoms with Crippen LogP contribution in [-0.4, -0.2) is 18.1 Å². The number of carbonyl (C=O) groups is 1. The number of amides is 1. The maximum Gasteiger partial charge on any atom is 0.258 e. The highest BCUT2D eigenvalue weighted by Crippen LogP contribution is 2.44. The van der Waals surface area contributed by atoms with Crippen molar-refractivity contribution in [1.29, 1.82) is 0 Å². The van der Waals surface area contributed by atoms with Crippen molar-refractivity contribution in [3.63, 3.8) is 0 Å². The number of hydrogen-bond acceptors (Lipinski definition) is 4. The number of halogens is 3. The predicted octanol–water partition coefficient (Wildman–Crippen LogP) is 3.92. The zero-order valence-corrected chi connectivity index (χ0v) is 15.0. The van der Waals surface area contributed by atoms with Crippen LogP contribution in [0.4, 0.5) is 10.1 Å². The van der Waals surface area contributed by atoms with Gasteiger partial charge in [0.05, 0.1) is 22.8 Å². The van der Waals surface area contributed by atoms with Gasteiger partial charge < -0.3 is 20.5 Å². The maximum atomic E-state index is 13.8. The van der Waals surface area contributed by atoms with E-state index in [1.54, 1.807) is 12.1 Å². The zero-order chi connectivity index (χ0) is 16.7. The number of carbonyl (C=O) groups excluding carboxylic acids is 1. The summed E-state index contributed by atoms with van der Waals surface area (Å²) in [7, 11) is 1.43. The highest BCUT2D eigenvalue weighted by Gasteiger charge is 2.30. The van der Waals surface area contributed by atoms with Crippen molar-refractivity contribution in [2.75, 3.05) is 12.4 Å². The Morgan fingerprint density at radius 2 is 2.00 bits per heavy atom. The molecule has 1 atom stereocenters. The molecule has 8 heteroatoms. The number of rotatable bonds is 2. The van der Waals surface area contributed by atoms with E-state index < -0.39 is 17.9 Å². The fraction of sp³-hybridized carbons (Fsp3) is 0.133. The molecule has 2 aromatic carbocycles. The minimum absolute atomic E-state index is 0.0234. The van der Waals surface area contributed by atoms with E-state index in [0.29, 0.717) is 20.2 Å². The fourth-order valence-electron chi connectivity index (χ4n) is 2.40. The first-order chi connectivity index (χ1) is 10.9. The summed E-state index contributed by atoms with van der Waals surface area (Å²) < 4.78 is 19.9. The van der Waals surface area contributed by atoms with Crippen LogP contribution in [0.1, 0.15) is 22.1 Å². The Morgan fingerprint density at radius 3 is 2.70 bits per heavy atom. The van der Waals surface area contributed by atoms with E-state index in [1.165, 1.54) is 19.2 Å². The number of nitrogens with one attached hydrogen (secondary N) is 2. The Kier molecular flexibility index (Phi) is 4.20.